The number of aliphatic hydroxyl groups is 1. The van der Waals surface area contributed by atoms with Crippen molar-refractivity contribution in [3.8, 4) is 0 Å². The summed E-state index contributed by atoms with van der Waals surface area (Å²) in [6.45, 7) is 4.30. The van der Waals surface area contributed by atoms with Crippen LogP contribution in [0.15, 0.2) is 11.3 Å². The third-order valence-corrected chi connectivity index (χ3v) is 7.47. The highest BCUT2D eigenvalue weighted by Crippen LogP contribution is 2.54. The molecule has 1 fully saturated rings. The van der Waals surface area contributed by atoms with E-state index in [1.54, 1.807) is 6.92 Å². The van der Waals surface area contributed by atoms with E-state index >= 15 is 0 Å². The molecular weight excluding hydrogens is 419 g/mol. The van der Waals surface area contributed by atoms with Gasteiger partial charge in [-0.05, 0) is 26.2 Å². The number of cyclic esters (lactones) is 1. The van der Waals surface area contributed by atoms with Crippen LogP contribution < -0.4 is 0 Å². The summed E-state index contributed by atoms with van der Waals surface area (Å²) in [4.78, 5) is 11.7. The molecular formula is C23H41O7P. The van der Waals surface area contributed by atoms with Gasteiger partial charge in [-0.15, -0.1) is 0 Å². The number of hydrogen-bond acceptors (Lipinski definition) is 7. The number of phosphoric acid groups is 1. The molecule has 31 heavy (non-hydrogen) atoms. The van der Waals surface area contributed by atoms with Gasteiger partial charge in [-0.2, -0.15) is 0 Å². The third kappa shape index (κ3) is 9.65. The average Bonchev–Trinajstić information content (AvgIpc) is 3.06. The SMILES string of the molecule is CC[C@H](O)CCCCCCCCCCCCCO[P@]1(=O)OC[C@H]2COC(=O)C2=C(C)O1. The second-order valence-corrected chi connectivity index (χ2v) is 10.3. The van der Waals surface area contributed by atoms with Crippen molar-refractivity contribution in [3.05, 3.63) is 11.3 Å². The van der Waals surface area contributed by atoms with E-state index in [4.69, 9.17) is 18.3 Å². The second kappa shape index (κ2) is 14.3. The maximum absolute atomic E-state index is 12.7. The number of hydrogen-bond donors (Lipinski definition) is 1. The van der Waals surface area contributed by atoms with Crippen molar-refractivity contribution in [2.24, 2.45) is 5.92 Å². The summed E-state index contributed by atoms with van der Waals surface area (Å²) in [6, 6.07) is 0. The zero-order valence-corrected chi connectivity index (χ0v) is 20.2. The number of esters is 1. The minimum absolute atomic E-state index is 0.108. The number of carbonyl (C=O) groups excluding carboxylic acids is 1. The van der Waals surface area contributed by atoms with Crippen LogP contribution in [-0.4, -0.2) is 37.0 Å². The molecule has 1 N–H and O–H groups in total. The lowest BCUT2D eigenvalue weighted by Crippen LogP contribution is -2.10. The molecule has 0 spiro atoms. The van der Waals surface area contributed by atoms with Crippen LogP contribution in [0.25, 0.3) is 0 Å². The topological polar surface area (TPSA) is 91.3 Å². The third-order valence-electron chi connectivity index (χ3n) is 6.01. The van der Waals surface area contributed by atoms with E-state index < -0.39 is 13.8 Å². The van der Waals surface area contributed by atoms with Crippen LogP contribution in [0, 0.1) is 5.92 Å². The standard InChI is InChI=1S/C23H41O7P/c1-3-21(24)15-13-11-9-7-5-4-6-8-10-12-14-16-28-31(26)29-18-20-17-27-23(25)22(20)19(2)30-31/h20-21,24H,3-18H2,1-2H3/t20-,21+,31-/m1/s1. The normalized spacial score (nSPS) is 24.5. The zero-order chi connectivity index (χ0) is 22.5. The minimum Gasteiger partial charge on any atom is -0.461 e. The van der Waals surface area contributed by atoms with Crippen LogP contribution in [0.2, 0.25) is 0 Å². The van der Waals surface area contributed by atoms with Crippen molar-refractivity contribution in [1.82, 2.24) is 0 Å². The van der Waals surface area contributed by atoms with Gasteiger partial charge in [0, 0.05) is 0 Å². The zero-order valence-electron chi connectivity index (χ0n) is 19.3. The van der Waals surface area contributed by atoms with Gasteiger partial charge in [0.25, 0.3) is 0 Å². The molecule has 2 rings (SSSR count). The van der Waals surface area contributed by atoms with Crippen molar-refractivity contribution < 1.29 is 32.8 Å². The summed E-state index contributed by atoms with van der Waals surface area (Å²) < 4.78 is 33.9. The molecule has 3 atom stereocenters. The minimum atomic E-state index is -3.66. The van der Waals surface area contributed by atoms with E-state index in [0.717, 1.165) is 38.5 Å². The van der Waals surface area contributed by atoms with E-state index in [1.165, 1.54) is 44.9 Å². The van der Waals surface area contributed by atoms with E-state index in [1.807, 2.05) is 6.92 Å². The van der Waals surface area contributed by atoms with E-state index in [9.17, 15) is 14.5 Å². The highest BCUT2D eigenvalue weighted by Gasteiger charge is 2.42. The maximum Gasteiger partial charge on any atom is 0.529 e. The van der Waals surface area contributed by atoms with Gasteiger partial charge in [0.05, 0.1) is 30.8 Å². The fraction of sp³-hybridized carbons (Fsp3) is 0.870. The van der Waals surface area contributed by atoms with Crippen LogP contribution in [0.3, 0.4) is 0 Å². The average molecular weight is 461 g/mol. The van der Waals surface area contributed by atoms with E-state index in [2.05, 4.69) is 0 Å². The molecule has 1 saturated heterocycles. The highest BCUT2D eigenvalue weighted by molar-refractivity contribution is 7.48. The van der Waals surface area contributed by atoms with Gasteiger partial charge in [-0.25, -0.2) is 9.36 Å². The number of aliphatic hydroxyl groups excluding tert-OH is 1. The lowest BCUT2D eigenvalue weighted by molar-refractivity contribution is -0.135. The number of carbonyl (C=O) groups is 1. The largest absolute Gasteiger partial charge is 0.529 e. The van der Waals surface area contributed by atoms with Crippen LogP contribution >= 0.6 is 7.82 Å². The second-order valence-electron chi connectivity index (χ2n) is 8.67. The molecule has 0 saturated carbocycles. The molecule has 0 aliphatic carbocycles. The molecule has 0 unspecified atom stereocenters. The molecule has 0 aromatic rings. The van der Waals surface area contributed by atoms with Crippen molar-refractivity contribution in [2.45, 2.75) is 103 Å². The monoisotopic (exact) mass is 460 g/mol. The molecule has 0 aromatic heterocycles. The summed E-state index contributed by atoms with van der Waals surface area (Å²) in [6.07, 6.45) is 14.6. The van der Waals surface area contributed by atoms with Crippen LogP contribution in [0.1, 0.15) is 97.3 Å². The fourth-order valence-corrected chi connectivity index (χ4v) is 5.34. The summed E-state index contributed by atoms with van der Waals surface area (Å²) >= 11 is 0. The van der Waals surface area contributed by atoms with Gasteiger partial charge in [0.1, 0.15) is 12.4 Å². The van der Waals surface area contributed by atoms with Crippen LogP contribution in [0.5, 0.6) is 0 Å². The maximum atomic E-state index is 12.7. The van der Waals surface area contributed by atoms with Crippen LogP contribution in [0.4, 0.5) is 0 Å². The molecule has 2 aliphatic rings. The van der Waals surface area contributed by atoms with E-state index in [0.29, 0.717) is 12.2 Å². The first-order valence-electron chi connectivity index (χ1n) is 12.1. The molecule has 7 nitrogen and oxygen atoms in total. The number of fused-ring (bicyclic) bond motifs is 1. The summed E-state index contributed by atoms with van der Waals surface area (Å²) in [5, 5.41) is 9.52. The molecule has 0 bridgehead atoms. The van der Waals surface area contributed by atoms with Gasteiger partial charge in [-0.1, -0.05) is 71.1 Å². The van der Waals surface area contributed by atoms with Crippen molar-refractivity contribution in [3.63, 3.8) is 0 Å². The van der Waals surface area contributed by atoms with Gasteiger partial charge in [0.2, 0.25) is 0 Å². The Morgan fingerprint density at radius 2 is 1.58 bits per heavy atom. The first-order chi connectivity index (χ1) is 14.9. The Kier molecular flexibility index (Phi) is 12.2. The number of allylic oxidation sites excluding steroid dienone is 1. The molecule has 0 radical (unpaired) electrons. The van der Waals surface area contributed by atoms with Gasteiger partial charge in [0.15, 0.2) is 0 Å². The Morgan fingerprint density at radius 3 is 2.19 bits per heavy atom. The number of ether oxygens (including phenoxy) is 1. The number of unbranched alkanes of at least 4 members (excludes halogenated alkanes) is 10. The number of phosphoric ester groups is 1. The van der Waals surface area contributed by atoms with Gasteiger partial charge < -0.3 is 14.4 Å². The number of rotatable bonds is 16. The Hall–Kier alpha value is -0.880. The predicted octanol–water partition coefficient (Wildman–Crippen LogP) is 6.06. The first-order valence-corrected chi connectivity index (χ1v) is 13.6. The Bertz CT molecular complexity index is 619. The molecule has 0 aromatic carbocycles. The molecule has 0 amide bonds. The Labute approximate surface area is 187 Å². The Balaban J connectivity index is 1.44. The quantitative estimate of drug-likeness (QED) is 0.170. The summed E-state index contributed by atoms with van der Waals surface area (Å²) in [5.41, 5.74) is 0.414. The molecule has 2 heterocycles. The van der Waals surface area contributed by atoms with Crippen molar-refractivity contribution in [2.75, 3.05) is 19.8 Å². The summed E-state index contributed by atoms with van der Waals surface area (Å²) in [5.74, 6) is -0.376. The van der Waals surface area contributed by atoms with Gasteiger partial charge >= 0.3 is 13.8 Å². The fourth-order valence-electron chi connectivity index (χ4n) is 4.01. The van der Waals surface area contributed by atoms with Crippen molar-refractivity contribution >= 4 is 13.8 Å². The smallest absolute Gasteiger partial charge is 0.461 e. The Morgan fingerprint density at radius 1 is 1.00 bits per heavy atom. The lowest BCUT2D eigenvalue weighted by Gasteiger charge is -2.17. The highest BCUT2D eigenvalue weighted by atomic mass is 31.2. The summed E-state index contributed by atoms with van der Waals surface area (Å²) in [7, 11) is -3.66. The van der Waals surface area contributed by atoms with E-state index in [-0.39, 0.29) is 31.0 Å². The molecule has 8 heteroatoms. The van der Waals surface area contributed by atoms with Crippen LogP contribution in [-0.2, 0) is 27.7 Å². The van der Waals surface area contributed by atoms with Gasteiger partial charge in [-0.3, -0.25) is 9.05 Å². The van der Waals surface area contributed by atoms with Crippen molar-refractivity contribution in [1.29, 1.82) is 0 Å². The predicted molar refractivity (Wildman–Crippen MR) is 119 cm³/mol. The lowest BCUT2D eigenvalue weighted by atomic mass is 10.0. The first kappa shape index (κ1) is 26.4. The molecule has 2 aliphatic heterocycles. The molecule has 180 valence electrons.